The van der Waals surface area contributed by atoms with Crippen molar-refractivity contribution in [1.29, 1.82) is 0 Å². The summed E-state index contributed by atoms with van der Waals surface area (Å²) >= 11 is 0. The normalized spacial score (nSPS) is 16.3. The van der Waals surface area contributed by atoms with Crippen molar-refractivity contribution in [3.05, 3.63) is 23.5 Å². The zero-order chi connectivity index (χ0) is 13.1. The number of hydrogen-bond acceptors (Lipinski definition) is 5. The third-order valence-corrected chi connectivity index (χ3v) is 2.53. The van der Waals surface area contributed by atoms with Gasteiger partial charge in [-0.3, -0.25) is 4.79 Å². The molecule has 0 bridgehead atoms. The first-order valence-electron chi connectivity index (χ1n) is 5.34. The second-order valence-corrected chi connectivity index (χ2v) is 3.73. The first-order chi connectivity index (χ1) is 8.63. The summed E-state index contributed by atoms with van der Waals surface area (Å²) in [6.07, 6.45) is 1.73. The molecular formula is C12H14N2O4. The number of hydrogen-bond donors (Lipinski definition) is 3. The van der Waals surface area contributed by atoms with Gasteiger partial charge in [0.2, 0.25) is 11.7 Å². The molecule has 0 aromatic heterocycles. The molecule has 1 aromatic rings. The molecule has 0 atom stereocenters. The van der Waals surface area contributed by atoms with Crippen LogP contribution < -0.4 is 20.1 Å². The molecule has 2 rings (SSSR count). The van der Waals surface area contributed by atoms with Gasteiger partial charge in [-0.2, -0.15) is 0 Å². The molecule has 96 valence electrons. The van der Waals surface area contributed by atoms with Crippen LogP contribution in [-0.4, -0.2) is 31.8 Å². The van der Waals surface area contributed by atoms with Crippen molar-refractivity contribution in [2.45, 2.75) is 0 Å². The molecule has 1 heterocycles. The monoisotopic (exact) mass is 250 g/mol. The quantitative estimate of drug-likeness (QED) is 0.725. The molecule has 0 saturated carbocycles. The van der Waals surface area contributed by atoms with Crippen molar-refractivity contribution < 1.29 is 19.4 Å². The number of nitrogens with one attached hydrogen (secondary N) is 2. The summed E-state index contributed by atoms with van der Waals surface area (Å²) in [6.45, 7) is 0.262. The SMILES string of the molecule is COc1cc(C=C2NCC(=O)N2)cc(OC)c1O. The van der Waals surface area contributed by atoms with Crippen LogP contribution in [0.15, 0.2) is 18.0 Å². The maximum absolute atomic E-state index is 11.0. The van der Waals surface area contributed by atoms with Crippen LogP contribution in [0.5, 0.6) is 17.2 Å². The van der Waals surface area contributed by atoms with E-state index < -0.39 is 0 Å². The third-order valence-electron chi connectivity index (χ3n) is 2.53. The van der Waals surface area contributed by atoms with E-state index >= 15 is 0 Å². The van der Waals surface area contributed by atoms with E-state index in [2.05, 4.69) is 10.6 Å². The van der Waals surface area contributed by atoms with E-state index in [-0.39, 0.29) is 18.2 Å². The molecule has 3 N–H and O–H groups in total. The Morgan fingerprint density at radius 2 is 1.89 bits per heavy atom. The number of ether oxygens (including phenoxy) is 2. The van der Waals surface area contributed by atoms with Crippen molar-refractivity contribution in [3.63, 3.8) is 0 Å². The highest BCUT2D eigenvalue weighted by atomic mass is 16.5. The average Bonchev–Trinajstić information content (AvgIpc) is 2.76. The number of phenols is 1. The van der Waals surface area contributed by atoms with Gasteiger partial charge < -0.3 is 25.2 Å². The minimum Gasteiger partial charge on any atom is -0.502 e. The molecule has 1 fully saturated rings. The van der Waals surface area contributed by atoms with Gasteiger partial charge in [-0.1, -0.05) is 0 Å². The van der Waals surface area contributed by atoms with E-state index in [1.165, 1.54) is 14.2 Å². The highest BCUT2D eigenvalue weighted by Gasteiger charge is 2.14. The van der Waals surface area contributed by atoms with E-state index in [0.29, 0.717) is 17.3 Å². The maximum atomic E-state index is 11.0. The lowest BCUT2D eigenvalue weighted by Crippen LogP contribution is -2.13. The number of benzene rings is 1. The molecule has 0 unspecified atom stereocenters. The Bertz CT molecular complexity index is 486. The van der Waals surface area contributed by atoms with Gasteiger partial charge in [0.15, 0.2) is 11.5 Å². The van der Waals surface area contributed by atoms with E-state index in [9.17, 15) is 9.90 Å². The van der Waals surface area contributed by atoms with E-state index in [0.717, 1.165) is 5.56 Å². The fourth-order valence-corrected chi connectivity index (χ4v) is 1.66. The molecule has 1 aliphatic heterocycles. The van der Waals surface area contributed by atoms with E-state index in [1.807, 2.05) is 0 Å². The van der Waals surface area contributed by atoms with Crippen LogP contribution in [0.25, 0.3) is 6.08 Å². The number of carbonyl (C=O) groups excluding carboxylic acids is 1. The van der Waals surface area contributed by atoms with Gasteiger partial charge >= 0.3 is 0 Å². The number of aromatic hydroxyl groups is 1. The Morgan fingerprint density at radius 3 is 2.33 bits per heavy atom. The van der Waals surface area contributed by atoms with Crippen molar-refractivity contribution in [1.82, 2.24) is 10.6 Å². The van der Waals surface area contributed by atoms with Crippen molar-refractivity contribution in [2.24, 2.45) is 0 Å². The minimum atomic E-state index is -0.0843. The number of methoxy groups -OCH3 is 2. The summed E-state index contributed by atoms with van der Waals surface area (Å²) in [5, 5.41) is 15.3. The standard InChI is InChI=1S/C12H14N2O4/c1-17-8-3-7(4-9(18-2)12(8)16)5-10-13-6-11(15)14-10/h3-5,13,16H,6H2,1-2H3,(H,14,15). The second-order valence-electron chi connectivity index (χ2n) is 3.73. The zero-order valence-corrected chi connectivity index (χ0v) is 10.1. The topological polar surface area (TPSA) is 79.8 Å². The highest BCUT2D eigenvalue weighted by molar-refractivity contribution is 5.84. The Hall–Kier alpha value is -2.37. The Kier molecular flexibility index (Phi) is 3.27. The Balaban J connectivity index is 2.36. The van der Waals surface area contributed by atoms with Crippen molar-refractivity contribution >= 4 is 12.0 Å². The van der Waals surface area contributed by atoms with Gasteiger partial charge in [0, 0.05) is 0 Å². The summed E-state index contributed by atoms with van der Waals surface area (Å²) in [5.74, 6) is 1.09. The van der Waals surface area contributed by atoms with Crippen LogP contribution in [0.4, 0.5) is 0 Å². The smallest absolute Gasteiger partial charge is 0.244 e. The second kappa shape index (κ2) is 4.87. The first-order valence-corrected chi connectivity index (χ1v) is 5.34. The lowest BCUT2D eigenvalue weighted by atomic mass is 10.1. The summed E-state index contributed by atoms with van der Waals surface area (Å²) in [7, 11) is 2.92. The first kappa shape index (κ1) is 12.1. The lowest BCUT2D eigenvalue weighted by Gasteiger charge is -2.09. The fraction of sp³-hybridized carbons (Fsp3) is 0.250. The summed E-state index contributed by atoms with van der Waals surface area (Å²) in [6, 6.07) is 3.30. The Labute approximate surface area is 104 Å². The molecule has 0 radical (unpaired) electrons. The largest absolute Gasteiger partial charge is 0.502 e. The summed E-state index contributed by atoms with van der Waals surface area (Å²) < 4.78 is 10.1. The van der Waals surface area contributed by atoms with Crippen LogP contribution in [-0.2, 0) is 4.79 Å². The van der Waals surface area contributed by atoms with Crippen LogP contribution in [0.1, 0.15) is 5.56 Å². The van der Waals surface area contributed by atoms with E-state index in [1.54, 1.807) is 18.2 Å². The number of amides is 1. The van der Waals surface area contributed by atoms with Crippen LogP contribution in [0.2, 0.25) is 0 Å². The highest BCUT2D eigenvalue weighted by Crippen LogP contribution is 2.37. The molecule has 6 nitrogen and oxygen atoms in total. The predicted octanol–water partition coefficient (Wildman–Crippen LogP) is 0.427. The zero-order valence-electron chi connectivity index (χ0n) is 10.1. The van der Waals surface area contributed by atoms with Gasteiger partial charge in [0.05, 0.1) is 20.8 Å². The van der Waals surface area contributed by atoms with Gasteiger partial charge in [-0.05, 0) is 23.8 Å². The number of phenolic OH excluding ortho intramolecular Hbond substituents is 1. The number of carbonyl (C=O) groups is 1. The molecule has 6 heteroatoms. The van der Waals surface area contributed by atoms with Gasteiger partial charge in [-0.25, -0.2) is 0 Å². The van der Waals surface area contributed by atoms with E-state index in [4.69, 9.17) is 9.47 Å². The maximum Gasteiger partial charge on any atom is 0.244 e. The van der Waals surface area contributed by atoms with Crippen molar-refractivity contribution in [3.8, 4) is 17.2 Å². The molecule has 1 aliphatic rings. The van der Waals surface area contributed by atoms with Gasteiger partial charge in [-0.15, -0.1) is 0 Å². The molecule has 1 amide bonds. The molecular weight excluding hydrogens is 236 g/mol. The van der Waals surface area contributed by atoms with Crippen LogP contribution >= 0.6 is 0 Å². The summed E-state index contributed by atoms with van der Waals surface area (Å²) in [5.41, 5.74) is 0.742. The van der Waals surface area contributed by atoms with Crippen molar-refractivity contribution in [2.75, 3.05) is 20.8 Å². The lowest BCUT2D eigenvalue weighted by molar-refractivity contribution is -0.117. The molecule has 0 spiro atoms. The van der Waals surface area contributed by atoms with Crippen LogP contribution in [0.3, 0.4) is 0 Å². The average molecular weight is 250 g/mol. The Morgan fingerprint density at radius 1 is 1.28 bits per heavy atom. The van der Waals surface area contributed by atoms with Crippen LogP contribution in [0, 0.1) is 0 Å². The summed E-state index contributed by atoms with van der Waals surface area (Å²) in [4.78, 5) is 11.0. The molecule has 18 heavy (non-hydrogen) atoms. The van der Waals surface area contributed by atoms with Gasteiger partial charge in [0.25, 0.3) is 0 Å². The minimum absolute atomic E-state index is 0.0504. The molecule has 0 aliphatic carbocycles. The van der Waals surface area contributed by atoms with Gasteiger partial charge in [0.1, 0.15) is 5.82 Å². The number of rotatable bonds is 3. The molecule has 1 aromatic carbocycles. The predicted molar refractivity (Wildman–Crippen MR) is 65.3 cm³/mol. The fourth-order valence-electron chi connectivity index (χ4n) is 1.66. The third kappa shape index (κ3) is 2.32. The molecule has 1 saturated heterocycles.